The first-order valence-corrected chi connectivity index (χ1v) is 8.06. The van der Waals surface area contributed by atoms with Gasteiger partial charge >= 0.3 is 0 Å². The molecule has 3 nitrogen and oxygen atoms in total. The van der Waals surface area contributed by atoms with Gasteiger partial charge in [0.05, 0.1) is 0 Å². The number of carbonyl (C=O) groups is 1. The average molecular weight is 329 g/mol. The van der Waals surface area contributed by atoms with E-state index in [1.807, 2.05) is 61.5 Å². The van der Waals surface area contributed by atoms with Crippen molar-refractivity contribution in [3.05, 3.63) is 96.2 Å². The van der Waals surface area contributed by atoms with Crippen molar-refractivity contribution in [2.24, 2.45) is 0 Å². The molecule has 0 saturated carbocycles. The van der Waals surface area contributed by atoms with Gasteiger partial charge in [-0.2, -0.15) is 0 Å². The van der Waals surface area contributed by atoms with E-state index in [1.54, 1.807) is 24.4 Å². The summed E-state index contributed by atoms with van der Waals surface area (Å²) in [5.74, 6) is 0.158. The van der Waals surface area contributed by atoms with Crippen molar-refractivity contribution in [1.82, 2.24) is 0 Å². The Morgan fingerprint density at radius 3 is 2.28 bits per heavy atom. The van der Waals surface area contributed by atoms with Gasteiger partial charge in [0.1, 0.15) is 5.75 Å². The Hall–Kier alpha value is -3.33. The van der Waals surface area contributed by atoms with Crippen LogP contribution in [0.1, 0.15) is 15.9 Å². The molecule has 0 bridgehead atoms. The molecular weight excluding hydrogens is 310 g/mol. The predicted octanol–water partition coefficient (Wildman–Crippen LogP) is 5.18. The monoisotopic (exact) mass is 329 g/mol. The zero-order valence-electron chi connectivity index (χ0n) is 13.9. The number of aromatic hydroxyl groups is 1. The van der Waals surface area contributed by atoms with Gasteiger partial charge in [-0.3, -0.25) is 4.79 Å². The number of hydrogen-bond acceptors (Lipinski definition) is 3. The fourth-order valence-electron chi connectivity index (χ4n) is 2.57. The molecule has 124 valence electrons. The highest BCUT2D eigenvalue weighted by Gasteiger charge is 2.03. The molecule has 0 heterocycles. The van der Waals surface area contributed by atoms with Crippen molar-refractivity contribution in [3.63, 3.8) is 0 Å². The largest absolute Gasteiger partial charge is 0.508 e. The van der Waals surface area contributed by atoms with Gasteiger partial charge in [-0.1, -0.05) is 54.6 Å². The van der Waals surface area contributed by atoms with E-state index in [0.717, 1.165) is 22.4 Å². The second kappa shape index (κ2) is 7.49. The molecule has 0 unspecified atom stereocenters. The van der Waals surface area contributed by atoms with Crippen molar-refractivity contribution in [1.29, 1.82) is 0 Å². The number of phenolic OH excluding ortho intramolecular Hbond substituents is 1. The summed E-state index contributed by atoms with van der Waals surface area (Å²) in [5.41, 5.74) is 4.60. The Morgan fingerprint density at radius 2 is 1.60 bits per heavy atom. The van der Waals surface area contributed by atoms with Gasteiger partial charge in [-0.05, 0) is 41.8 Å². The number of aryl methyl sites for hydroxylation is 1. The molecule has 0 spiro atoms. The average Bonchev–Trinajstić information content (AvgIpc) is 2.64. The van der Waals surface area contributed by atoms with E-state index < -0.39 is 0 Å². The molecule has 0 atom stereocenters. The molecule has 3 rings (SSSR count). The van der Waals surface area contributed by atoms with Gasteiger partial charge in [0, 0.05) is 23.5 Å². The number of rotatable bonds is 5. The molecular formula is C22H19NO2. The molecule has 0 radical (unpaired) electrons. The highest BCUT2D eigenvalue weighted by Crippen LogP contribution is 2.21. The number of benzene rings is 3. The van der Waals surface area contributed by atoms with Crippen molar-refractivity contribution < 1.29 is 9.90 Å². The first-order chi connectivity index (χ1) is 12.1. The summed E-state index contributed by atoms with van der Waals surface area (Å²) in [6, 6.07) is 22.7. The molecule has 3 aromatic rings. The van der Waals surface area contributed by atoms with Crippen LogP contribution in [0, 0.1) is 6.92 Å². The smallest absolute Gasteiger partial charge is 0.187 e. The van der Waals surface area contributed by atoms with Gasteiger partial charge in [-0.25, -0.2) is 0 Å². The van der Waals surface area contributed by atoms with Gasteiger partial charge in [-0.15, -0.1) is 0 Å². The Kier molecular flexibility index (Phi) is 4.95. The lowest BCUT2D eigenvalue weighted by atomic mass is 10.0. The van der Waals surface area contributed by atoms with E-state index >= 15 is 0 Å². The summed E-state index contributed by atoms with van der Waals surface area (Å²) < 4.78 is 0. The first-order valence-electron chi connectivity index (χ1n) is 8.06. The summed E-state index contributed by atoms with van der Waals surface area (Å²) in [7, 11) is 0. The third-order valence-corrected chi connectivity index (χ3v) is 3.96. The van der Waals surface area contributed by atoms with E-state index in [4.69, 9.17) is 0 Å². The maximum Gasteiger partial charge on any atom is 0.187 e. The summed E-state index contributed by atoms with van der Waals surface area (Å²) in [5, 5.41) is 12.5. The van der Waals surface area contributed by atoms with Gasteiger partial charge < -0.3 is 10.4 Å². The zero-order valence-corrected chi connectivity index (χ0v) is 13.9. The number of anilines is 1. The Labute approximate surface area is 147 Å². The van der Waals surface area contributed by atoms with E-state index in [0.29, 0.717) is 5.56 Å². The third-order valence-electron chi connectivity index (χ3n) is 3.96. The minimum atomic E-state index is -0.0662. The van der Waals surface area contributed by atoms with Gasteiger partial charge in [0.2, 0.25) is 0 Å². The van der Waals surface area contributed by atoms with Crippen LogP contribution in [0.3, 0.4) is 0 Å². The zero-order chi connectivity index (χ0) is 17.6. The van der Waals surface area contributed by atoms with Crippen LogP contribution in [0.2, 0.25) is 0 Å². The number of nitrogens with one attached hydrogen (secondary N) is 1. The van der Waals surface area contributed by atoms with Crippen LogP contribution in [-0.2, 0) is 0 Å². The molecule has 0 aliphatic heterocycles. The quantitative estimate of drug-likeness (QED) is 0.385. The second-order valence-corrected chi connectivity index (χ2v) is 5.78. The van der Waals surface area contributed by atoms with Gasteiger partial charge in [0.25, 0.3) is 0 Å². The summed E-state index contributed by atoms with van der Waals surface area (Å²) in [4.78, 5) is 12.3. The fourth-order valence-corrected chi connectivity index (χ4v) is 2.57. The van der Waals surface area contributed by atoms with Crippen molar-refractivity contribution >= 4 is 11.5 Å². The standard InChI is InChI=1S/C22H19NO2/c1-16-15-20(24)11-12-21(16)23-14-13-22(25)19-9-7-18(8-10-19)17-5-3-2-4-6-17/h2-15,23-24H,1H3/b14-13+. The van der Waals surface area contributed by atoms with Gasteiger partial charge in [0.15, 0.2) is 5.78 Å². The minimum absolute atomic E-state index is 0.0662. The maximum absolute atomic E-state index is 12.3. The lowest BCUT2D eigenvalue weighted by Gasteiger charge is -2.05. The second-order valence-electron chi connectivity index (χ2n) is 5.78. The fraction of sp³-hybridized carbons (Fsp3) is 0.0455. The normalized spacial score (nSPS) is 10.8. The van der Waals surface area contributed by atoms with E-state index in [1.165, 1.54) is 6.08 Å². The van der Waals surface area contributed by atoms with Crippen molar-refractivity contribution in [2.75, 3.05) is 5.32 Å². The number of allylic oxidation sites excluding steroid dienone is 1. The van der Waals surface area contributed by atoms with Crippen LogP contribution in [0.25, 0.3) is 11.1 Å². The number of carbonyl (C=O) groups excluding carboxylic acids is 1. The lowest BCUT2D eigenvalue weighted by Crippen LogP contribution is -1.97. The molecule has 25 heavy (non-hydrogen) atoms. The maximum atomic E-state index is 12.3. The molecule has 3 aromatic carbocycles. The topological polar surface area (TPSA) is 49.3 Å². The van der Waals surface area contributed by atoms with Crippen LogP contribution in [0.15, 0.2) is 85.1 Å². The van der Waals surface area contributed by atoms with E-state index in [-0.39, 0.29) is 11.5 Å². The lowest BCUT2D eigenvalue weighted by molar-refractivity contribution is 0.104. The van der Waals surface area contributed by atoms with Crippen molar-refractivity contribution in [2.45, 2.75) is 6.92 Å². The number of hydrogen-bond donors (Lipinski definition) is 2. The van der Waals surface area contributed by atoms with Crippen LogP contribution in [-0.4, -0.2) is 10.9 Å². The summed E-state index contributed by atoms with van der Waals surface area (Å²) in [6.45, 7) is 1.89. The van der Waals surface area contributed by atoms with E-state index in [2.05, 4.69) is 5.32 Å². The Bertz CT molecular complexity index is 897. The number of phenols is 1. The number of ketones is 1. The molecule has 0 amide bonds. The predicted molar refractivity (Wildman–Crippen MR) is 102 cm³/mol. The first kappa shape index (κ1) is 16.5. The van der Waals surface area contributed by atoms with Crippen LogP contribution >= 0.6 is 0 Å². The van der Waals surface area contributed by atoms with Crippen LogP contribution in [0.5, 0.6) is 5.75 Å². The summed E-state index contributed by atoms with van der Waals surface area (Å²) in [6.07, 6.45) is 3.12. The minimum Gasteiger partial charge on any atom is -0.508 e. The molecule has 0 aliphatic rings. The highest BCUT2D eigenvalue weighted by atomic mass is 16.3. The van der Waals surface area contributed by atoms with Crippen LogP contribution in [0.4, 0.5) is 5.69 Å². The van der Waals surface area contributed by atoms with Crippen LogP contribution < -0.4 is 5.32 Å². The molecule has 0 saturated heterocycles. The molecule has 0 aliphatic carbocycles. The highest BCUT2D eigenvalue weighted by molar-refractivity contribution is 6.04. The summed E-state index contributed by atoms with van der Waals surface area (Å²) >= 11 is 0. The Morgan fingerprint density at radius 1 is 0.920 bits per heavy atom. The molecule has 3 heteroatoms. The SMILES string of the molecule is Cc1cc(O)ccc1N/C=C/C(=O)c1ccc(-c2ccccc2)cc1. The molecule has 0 aromatic heterocycles. The molecule has 2 N–H and O–H groups in total. The Balaban J connectivity index is 1.67. The molecule has 0 fully saturated rings. The van der Waals surface area contributed by atoms with Crippen molar-refractivity contribution in [3.8, 4) is 16.9 Å². The third kappa shape index (κ3) is 4.15. The van der Waals surface area contributed by atoms with E-state index in [9.17, 15) is 9.90 Å².